The van der Waals surface area contributed by atoms with Crippen molar-refractivity contribution in [3.63, 3.8) is 0 Å². The van der Waals surface area contributed by atoms with Gasteiger partial charge in [-0.1, -0.05) is 30.8 Å². The first-order valence-electron chi connectivity index (χ1n) is 9.58. The molecule has 1 aliphatic heterocycles. The number of nitrogens with zero attached hydrogens (tertiary/aromatic N) is 3. The molecule has 0 unspecified atom stereocenters. The molecule has 0 aliphatic carbocycles. The summed E-state index contributed by atoms with van der Waals surface area (Å²) in [5.41, 5.74) is 5.23. The second-order valence-corrected chi connectivity index (χ2v) is 7.04. The Balaban J connectivity index is 1.54. The molecule has 6 nitrogen and oxygen atoms in total. The molecule has 4 rings (SSSR count). The van der Waals surface area contributed by atoms with Crippen LogP contribution in [0.5, 0.6) is 0 Å². The number of hydrogen-bond donors (Lipinski definition) is 2. The number of aryl methyl sites for hydroxylation is 1. The van der Waals surface area contributed by atoms with E-state index in [0.717, 1.165) is 41.3 Å². The highest BCUT2D eigenvalue weighted by Gasteiger charge is 2.19. The number of anilines is 4. The van der Waals surface area contributed by atoms with Crippen molar-refractivity contribution < 1.29 is 4.79 Å². The van der Waals surface area contributed by atoms with E-state index in [2.05, 4.69) is 45.4 Å². The van der Waals surface area contributed by atoms with E-state index in [1.165, 1.54) is 11.6 Å². The predicted octanol–water partition coefficient (Wildman–Crippen LogP) is 4.34. The van der Waals surface area contributed by atoms with E-state index >= 15 is 0 Å². The van der Waals surface area contributed by atoms with Gasteiger partial charge in [0.15, 0.2) is 0 Å². The first-order chi connectivity index (χ1) is 14.1. The number of rotatable bonds is 5. The lowest BCUT2D eigenvalue weighted by molar-refractivity contribution is -0.126. The number of amides is 1. The Labute approximate surface area is 170 Å². The summed E-state index contributed by atoms with van der Waals surface area (Å²) in [5.74, 6) is 1.25. The number of benzene rings is 2. The zero-order valence-corrected chi connectivity index (χ0v) is 16.4. The third-order valence-electron chi connectivity index (χ3n) is 4.97. The van der Waals surface area contributed by atoms with E-state index in [-0.39, 0.29) is 5.91 Å². The minimum atomic E-state index is -0.0303. The van der Waals surface area contributed by atoms with Crippen molar-refractivity contribution >= 4 is 29.0 Å². The van der Waals surface area contributed by atoms with Crippen molar-refractivity contribution in [2.75, 3.05) is 17.2 Å². The Morgan fingerprint density at radius 1 is 1.10 bits per heavy atom. The number of hydrogen-bond acceptors (Lipinski definition) is 5. The van der Waals surface area contributed by atoms with Gasteiger partial charge in [-0.05, 0) is 54.8 Å². The predicted molar refractivity (Wildman–Crippen MR) is 116 cm³/mol. The minimum Gasteiger partial charge on any atom is -0.340 e. The molecule has 2 heterocycles. The van der Waals surface area contributed by atoms with Crippen LogP contribution in [0.25, 0.3) is 0 Å². The average molecular weight is 385 g/mol. The van der Waals surface area contributed by atoms with Crippen LogP contribution in [0.15, 0.2) is 67.4 Å². The molecule has 2 N–H and O–H groups in total. The summed E-state index contributed by atoms with van der Waals surface area (Å²) >= 11 is 0. The molecule has 6 heteroatoms. The monoisotopic (exact) mass is 385 g/mol. The summed E-state index contributed by atoms with van der Waals surface area (Å²) in [7, 11) is 0. The van der Waals surface area contributed by atoms with Crippen LogP contribution in [-0.4, -0.2) is 27.3 Å². The molecular weight excluding hydrogens is 362 g/mol. The van der Waals surface area contributed by atoms with E-state index in [0.29, 0.717) is 12.5 Å². The molecule has 3 aromatic rings. The molecule has 0 fully saturated rings. The number of nitrogens with one attached hydrogen (secondary N) is 2. The second kappa shape index (κ2) is 8.14. The van der Waals surface area contributed by atoms with E-state index in [9.17, 15) is 4.79 Å². The zero-order valence-electron chi connectivity index (χ0n) is 16.4. The molecule has 0 spiro atoms. The molecule has 0 radical (unpaired) electrons. The summed E-state index contributed by atoms with van der Waals surface area (Å²) in [4.78, 5) is 22.8. The van der Waals surface area contributed by atoms with Crippen LogP contribution in [0.1, 0.15) is 16.7 Å². The van der Waals surface area contributed by atoms with Gasteiger partial charge in [-0.15, -0.1) is 0 Å². The Hall–Kier alpha value is -3.67. The van der Waals surface area contributed by atoms with Crippen molar-refractivity contribution in [1.82, 2.24) is 14.9 Å². The lowest BCUT2D eigenvalue weighted by Gasteiger charge is -2.28. The maximum absolute atomic E-state index is 12.0. The normalized spacial score (nSPS) is 12.8. The van der Waals surface area contributed by atoms with Crippen molar-refractivity contribution in [3.05, 3.63) is 84.1 Å². The van der Waals surface area contributed by atoms with Crippen LogP contribution in [0, 0.1) is 6.92 Å². The fourth-order valence-corrected chi connectivity index (χ4v) is 3.37. The zero-order chi connectivity index (χ0) is 20.2. The molecule has 1 aliphatic rings. The van der Waals surface area contributed by atoms with Gasteiger partial charge in [0, 0.05) is 36.2 Å². The summed E-state index contributed by atoms with van der Waals surface area (Å²) in [6, 6.07) is 16.1. The molecule has 0 bridgehead atoms. The number of carbonyl (C=O) groups is 1. The Morgan fingerprint density at radius 3 is 2.72 bits per heavy atom. The van der Waals surface area contributed by atoms with Gasteiger partial charge in [0.25, 0.3) is 0 Å². The van der Waals surface area contributed by atoms with Gasteiger partial charge >= 0.3 is 0 Å². The molecule has 0 saturated carbocycles. The first kappa shape index (κ1) is 18.7. The highest BCUT2D eigenvalue weighted by molar-refractivity contribution is 5.87. The number of aromatic nitrogens is 2. The van der Waals surface area contributed by atoms with E-state index < -0.39 is 0 Å². The fraction of sp³-hybridized carbons (Fsp3) is 0.174. The Kier molecular flexibility index (Phi) is 5.24. The Morgan fingerprint density at radius 2 is 1.93 bits per heavy atom. The molecular formula is C23H23N5O. The third kappa shape index (κ3) is 4.27. The van der Waals surface area contributed by atoms with Crippen LogP contribution in [0.2, 0.25) is 0 Å². The molecule has 1 amide bonds. The van der Waals surface area contributed by atoms with Gasteiger partial charge in [0.1, 0.15) is 5.82 Å². The smallest absolute Gasteiger partial charge is 0.246 e. The van der Waals surface area contributed by atoms with Crippen LogP contribution in [-0.2, 0) is 17.8 Å². The fourth-order valence-electron chi connectivity index (χ4n) is 3.37. The quantitative estimate of drug-likeness (QED) is 0.639. The summed E-state index contributed by atoms with van der Waals surface area (Å²) in [5, 5.41) is 6.61. The van der Waals surface area contributed by atoms with Gasteiger partial charge in [0.05, 0.1) is 0 Å². The average Bonchev–Trinajstić information content (AvgIpc) is 2.75. The minimum absolute atomic E-state index is 0.0303. The lowest BCUT2D eigenvalue weighted by atomic mass is 9.99. The van der Waals surface area contributed by atoms with Crippen LogP contribution in [0.4, 0.5) is 23.1 Å². The SMILES string of the molecule is C=CC(=O)N1CCc2ccc(Nc3nc(Nc4ccccc4)ncc3C)cc2C1. The van der Waals surface area contributed by atoms with Crippen molar-refractivity contribution in [3.8, 4) is 0 Å². The molecule has 0 atom stereocenters. The topological polar surface area (TPSA) is 70.2 Å². The third-order valence-corrected chi connectivity index (χ3v) is 4.97. The largest absolute Gasteiger partial charge is 0.340 e. The summed E-state index contributed by atoms with van der Waals surface area (Å²) < 4.78 is 0. The van der Waals surface area contributed by atoms with E-state index in [1.54, 1.807) is 6.20 Å². The highest BCUT2D eigenvalue weighted by atomic mass is 16.2. The van der Waals surface area contributed by atoms with Crippen LogP contribution < -0.4 is 10.6 Å². The molecule has 2 aromatic carbocycles. The number of carbonyl (C=O) groups excluding carboxylic acids is 1. The standard InChI is InChI=1S/C23H23N5O/c1-3-21(29)28-12-11-17-9-10-20(13-18(17)15-28)25-22-16(2)14-24-23(27-22)26-19-7-5-4-6-8-19/h3-10,13-14H,1,11-12,15H2,2H3,(H2,24,25,26,27). The van der Waals surface area contributed by atoms with Gasteiger partial charge in [-0.3, -0.25) is 4.79 Å². The maximum atomic E-state index is 12.0. The number of fused-ring (bicyclic) bond motifs is 1. The van der Waals surface area contributed by atoms with Crippen LogP contribution >= 0.6 is 0 Å². The summed E-state index contributed by atoms with van der Waals surface area (Å²) in [6.07, 6.45) is 4.02. The molecule has 0 saturated heterocycles. The second-order valence-electron chi connectivity index (χ2n) is 7.04. The van der Waals surface area contributed by atoms with Gasteiger partial charge in [-0.25, -0.2) is 4.98 Å². The van der Waals surface area contributed by atoms with E-state index in [4.69, 9.17) is 0 Å². The summed E-state index contributed by atoms with van der Waals surface area (Å²) in [6.45, 7) is 6.88. The highest BCUT2D eigenvalue weighted by Crippen LogP contribution is 2.26. The van der Waals surface area contributed by atoms with Gasteiger partial charge in [-0.2, -0.15) is 4.98 Å². The molecule has 1 aromatic heterocycles. The Bertz CT molecular complexity index is 1050. The lowest BCUT2D eigenvalue weighted by Crippen LogP contribution is -2.34. The molecule has 29 heavy (non-hydrogen) atoms. The van der Waals surface area contributed by atoms with E-state index in [1.807, 2.05) is 42.2 Å². The first-order valence-corrected chi connectivity index (χ1v) is 9.58. The van der Waals surface area contributed by atoms with Gasteiger partial charge in [0.2, 0.25) is 11.9 Å². The maximum Gasteiger partial charge on any atom is 0.246 e. The van der Waals surface area contributed by atoms with Crippen molar-refractivity contribution in [2.45, 2.75) is 19.9 Å². The molecule has 146 valence electrons. The van der Waals surface area contributed by atoms with Crippen molar-refractivity contribution in [2.24, 2.45) is 0 Å². The van der Waals surface area contributed by atoms with Gasteiger partial charge < -0.3 is 15.5 Å². The number of para-hydroxylation sites is 1. The van der Waals surface area contributed by atoms with Crippen LogP contribution in [0.3, 0.4) is 0 Å². The van der Waals surface area contributed by atoms with Crippen molar-refractivity contribution in [1.29, 1.82) is 0 Å².